The molecule has 2 aromatic carbocycles. The average Bonchev–Trinajstić information content (AvgIpc) is 3.00. The van der Waals surface area contributed by atoms with Gasteiger partial charge in [-0.1, -0.05) is 30.0 Å². The molecule has 9 heteroatoms. The zero-order valence-electron chi connectivity index (χ0n) is 16.3. The molecule has 1 heterocycles. The molecule has 3 rings (SSSR count). The number of hydrogen-bond donors (Lipinski definition) is 1. The molecular formula is C21H21F2N3O3S. The maximum atomic E-state index is 13.8. The molecule has 1 unspecified atom stereocenters. The quantitative estimate of drug-likeness (QED) is 0.640. The minimum atomic E-state index is -0.874. The lowest BCUT2D eigenvalue weighted by Crippen LogP contribution is -2.34. The van der Waals surface area contributed by atoms with Gasteiger partial charge in [0.05, 0.1) is 11.4 Å². The van der Waals surface area contributed by atoms with Crippen LogP contribution in [-0.2, 0) is 14.3 Å². The second-order valence-electron chi connectivity index (χ2n) is 6.55. The van der Waals surface area contributed by atoms with E-state index < -0.39 is 22.8 Å². The van der Waals surface area contributed by atoms with Gasteiger partial charge in [0.2, 0.25) is 11.8 Å². The molecule has 1 saturated heterocycles. The molecule has 2 amide bonds. The topological polar surface area (TPSA) is 71.0 Å². The summed E-state index contributed by atoms with van der Waals surface area (Å²) in [6.45, 7) is 0.901. The van der Waals surface area contributed by atoms with E-state index in [2.05, 4.69) is 10.3 Å². The molecule has 1 atom stereocenters. The molecule has 0 aliphatic carbocycles. The van der Waals surface area contributed by atoms with E-state index in [1.807, 2.05) is 30.3 Å². The molecule has 2 aromatic rings. The molecule has 1 aliphatic heterocycles. The minimum Gasteiger partial charge on any atom is -0.385 e. The molecular weight excluding hydrogens is 412 g/mol. The van der Waals surface area contributed by atoms with Gasteiger partial charge in [-0.15, -0.1) is 0 Å². The Morgan fingerprint density at radius 3 is 2.70 bits per heavy atom. The van der Waals surface area contributed by atoms with Crippen molar-refractivity contribution in [3.63, 3.8) is 0 Å². The number of benzene rings is 2. The number of thioether (sulfide) groups is 1. The molecule has 30 heavy (non-hydrogen) atoms. The standard InChI is InChI=1S/C21H21F2N3O3S/c1-29-11-5-10-26-20(28)18(30-21(26)24-15-6-3-2-4-7-15)13-19(27)25-17-9-8-14(22)12-16(17)23/h2-4,6-9,12,18H,5,10-11,13H2,1H3,(H,25,27). The van der Waals surface area contributed by atoms with Gasteiger partial charge < -0.3 is 10.1 Å². The largest absolute Gasteiger partial charge is 0.385 e. The van der Waals surface area contributed by atoms with Crippen molar-refractivity contribution in [3.05, 3.63) is 60.2 Å². The Balaban J connectivity index is 1.72. The average molecular weight is 433 g/mol. The summed E-state index contributed by atoms with van der Waals surface area (Å²) in [5, 5.41) is 2.22. The molecule has 1 aliphatic rings. The highest BCUT2D eigenvalue weighted by Gasteiger charge is 2.39. The lowest BCUT2D eigenvalue weighted by atomic mass is 10.2. The van der Waals surface area contributed by atoms with Gasteiger partial charge in [0.25, 0.3) is 0 Å². The number of anilines is 1. The highest BCUT2D eigenvalue weighted by Crippen LogP contribution is 2.32. The number of carbonyl (C=O) groups is 2. The normalized spacial score (nSPS) is 17.6. The monoisotopic (exact) mass is 433 g/mol. The summed E-state index contributed by atoms with van der Waals surface area (Å²) in [6.07, 6.45) is 0.464. The first-order chi connectivity index (χ1) is 14.5. The number of ether oxygens (including phenoxy) is 1. The lowest BCUT2D eigenvalue weighted by Gasteiger charge is -2.16. The fourth-order valence-electron chi connectivity index (χ4n) is 2.87. The van der Waals surface area contributed by atoms with E-state index in [0.29, 0.717) is 36.5 Å². The van der Waals surface area contributed by atoms with Crippen molar-refractivity contribution in [3.8, 4) is 0 Å². The van der Waals surface area contributed by atoms with E-state index in [4.69, 9.17) is 4.74 Å². The number of rotatable bonds is 8. The summed E-state index contributed by atoms with van der Waals surface area (Å²) < 4.78 is 31.9. The molecule has 0 saturated carbocycles. The van der Waals surface area contributed by atoms with Gasteiger partial charge in [-0.05, 0) is 30.7 Å². The smallest absolute Gasteiger partial charge is 0.242 e. The third kappa shape index (κ3) is 5.64. The first-order valence-electron chi connectivity index (χ1n) is 9.33. The maximum absolute atomic E-state index is 13.8. The number of nitrogens with one attached hydrogen (secondary N) is 1. The van der Waals surface area contributed by atoms with Gasteiger partial charge >= 0.3 is 0 Å². The number of para-hydroxylation sites is 1. The van der Waals surface area contributed by atoms with Crippen molar-refractivity contribution in [1.29, 1.82) is 0 Å². The molecule has 158 valence electrons. The minimum absolute atomic E-state index is 0.132. The highest BCUT2D eigenvalue weighted by molar-refractivity contribution is 8.15. The SMILES string of the molecule is COCCCN1C(=O)C(CC(=O)Nc2ccc(F)cc2F)SC1=Nc1ccccc1. The molecule has 0 radical (unpaired) electrons. The Labute approximate surface area is 177 Å². The number of amidine groups is 1. The zero-order valence-corrected chi connectivity index (χ0v) is 17.1. The van der Waals surface area contributed by atoms with E-state index in [-0.39, 0.29) is 18.0 Å². The van der Waals surface area contributed by atoms with Gasteiger partial charge in [-0.2, -0.15) is 0 Å². The number of aliphatic imine (C=N–C) groups is 1. The number of amides is 2. The fourth-order valence-corrected chi connectivity index (χ4v) is 4.06. The maximum Gasteiger partial charge on any atom is 0.242 e. The number of carbonyl (C=O) groups excluding carboxylic acids is 2. The second kappa shape index (κ2) is 10.3. The van der Waals surface area contributed by atoms with Crippen LogP contribution < -0.4 is 5.32 Å². The Hall–Kier alpha value is -2.78. The van der Waals surface area contributed by atoms with Crippen LogP contribution in [0.1, 0.15) is 12.8 Å². The van der Waals surface area contributed by atoms with Crippen LogP contribution in [0.25, 0.3) is 0 Å². The second-order valence-corrected chi connectivity index (χ2v) is 7.72. The van der Waals surface area contributed by atoms with E-state index in [0.717, 1.165) is 12.1 Å². The summed E-state index contributed by atoms with van der Waals surface area (Å²) in [7, 11) is 1.58. The molecule has 0 aromatic heterocycles. The summed E-state index contributed by atoms with van der Waals surface area (Å²) in [6, 6.07) is 12.1. The van der Waals surface area contributed by atoms with Gasteiger partial charge in [0.1, 0.15) is 16.9 Å². The van der Waals surface area contributed by atoms with Crippen LogP contribution in [0.4, 0.5) is 20.2 Å². The first kappa shape index (κ1) is 21.9. The van der Waals surface area contributed by atoms with Gasteiger partial charge in [-0.3, -0.25) is 14.5 Å². The highest BCUT2D eigenvalue weighted by atomic mass is 32.2. The Morgan fingerprint density at radius 1 is 1.23 bits per heavy atom. The van der Waals surface area contributed by atoms with E-state index in [1.54, 1.807) is 12.0 Å². The summed E-state index contributed by atoms with van der Waals surface area (Å²) in [4.78, 5) is 31.3. The first-order valence-corrected chi connectivity index (χ1v) is 10.2. The zero-order chi connectivity index (χ0) is 21.5. The predicted octanol–water partition coefficient (Wildman–Crippen LogP) is 3.96. The number of hydrogen-bond acceptors (Lipinski definition) is 5. The Bertz CT molecular complexity index is 940. The van der Waals surface area contributed by atoms with Crippen molar-refractivity contribution in [1.82, 2.24) is 4.90 Å². The lowest BCUT2D eigenvalue weighted by molar-refractivity contribution is -0.128. The summed E-state index contributed by atoms with van der Waals surface area (Å²) in [5.41, 5.74) is 0.565. The van der Waals surface area contributed by atoms with Crippen LogP contribution in [0.5, 0.6) is 0 Å². The van der Waals surface area contributed by atoms with Crippen LogP contribution in [-0.4, -0.2) is 47.4 Å². The van der Waals surface area contributed by atoms with Crippen molar-refractivity contribution < 1.29 is 23.1 Å². The van der Waals surface area contributed by atoms with Crippen molar-refractivity contribution in [2.24, 2.45) is 4.99 Å². The fraction of sp³-hybridized carbons (Fsp3) is 0.286. The van der Waals surface area contributed by atoms with Crippen LogP contribution in [0.15, 0.2) is 53.5 Å². The van der Waals surface area contributed by atoms with Crippen LogP contribution in [0.3, 0.4) is 0 Å². The number of halogens is 2. The molecule has 1 fully saturated rings. The van der Waals surface area contributed by atoms with Crippen LogP contribution in [0, 0.1) is 11.6 Å². The summed E-state index contributed by atoms with van der Waals surface area (Å²) >= 11 is 1.20. The number of methoxy groups -OCH3 is 1. The molecule has 0 spiro atoms. The summed E-state index contributed by atoms with van der Waals surface area (Å²) in [5.74, 6) is -2.38. The van der Waals surface area contributed by atoms with Gasteiger partial charge in [-0.25, -0.2) is 13.8 Å². The van der Waals surface area contributed by atoms with E-state index in [9.17, 15) is 18.4 Å². The Kier molecular flexibility index (Phi) is 7.53. The molecule has 6 nitrogen and oxygen atoms in total. The van der Waals surface area contributed by atoms with Crippen LogP contribution >= 0.6 is 11.8 Å². The Morgan fingerprint density at radius 2 is 2.00 bits per heavy atom. The van der Waals surface area contributed by atoms with Gasteiger partial charge in [0.15, 0.2) is 5.17 Å². The van der Waals surface area contributed by atoms with E-state index >= 15 is 0 Å². The third-order valence-electron chi connectivity index (χ3n) is 4.31. The predicted molar refractivity (Wildman–Crippen MR) is 113 cm³/mol. The van der Waals surface area contributed by atoms with Crippen molar-refractivity contribution in [2.75, 3.05) is 25.6 Å². The van der Waals surface area contributed by atoms with Gasteiger partial charge in [0, 0.05) is 32.7 Å². The van der Waals surface area contributed by atoms with E-state index in [1.165, 1.54) is 11.8 Å². The van der Waals surface area contributed by atoms with Crippen molar-refractivity contribution in [2.45, 2.75) is 18.1 Å². The molecule has 1 N–H and O–H groups in total. The number of nitrogens with zero attached hydrogens (tertiary/aromatic N) is 2. The molecule has 0 bridgehead atoms. The third-order valence-corrected chi connectivity index (χ3v) is 5.48. The van der Waals surface area contributed by atoms with Crippen LogP contribution in [0.2, 0.25) is 0 Å². The van der Waals surface area contributed by atoms with Crippen molar-refractivity contribution >= 4 is 40.1 Å².